The molecule has 1 atom stereocenters. The molecule has 1 unspecified atom stereocenters. The smallest absolute Gasteiger partial charge is 0.247 e. The van der Waals surface area contributed by atoms with E-state index >= 15 is 0 Å². The fraction of sp³-hybridized carbons (Fsp3) is 0.273. The highest BCUT2D eigenvalue weighted by atomic mass is 16.5. The highest BCUT2D eigenvalue weighted by Gasteiger charge is 2.33. The number of likely N-dealkylation sites (tertiary alicyclic amines) is 1. The molecule has 2 aromatic rings. The van der Waals surface area contributed by atoms with E-state index in [1.54, 1.807) is 37.3 Å². The van der Waals surface area contributed by atoms with E-state index in [1.807, 2.05) is 36.4 Å². The molecule has 3 rings (SSSR count). The standard InChI is InChI=1S/C22H24N2O4/c1-27-18-12-10-16(20(15-18)28-2)11-13-21(25)24-14-6-9-19(24)22(26)23-17-7-4-3-5-8-17/h3-5,7-8,10-13,15,19H,6,9,14H2,1-2H3,(H,23,26)/b13-11+. The van der Waals surface area contributed by atoms with Crippen LogP contribution in [0.1, 0.15) is 18.4 Å². The number of hydrogen-bond donors (Lipinski definition) is 1. The fourth-order valence-corrected chi connectivity index (χ4v) is 3.26. The summed E-state index contributed by atoms with van der Waals surface area (Å²) in [5.74, 6) is 0.941. The zero-order valence-electron chi connectivity index (χ0n) is 16.1. The number of rotatable bonds is 6. The van der Waals surface area contributed by atoms with Crippen LogP contribution >= 0.6 is 0 Å². The van der Waals surface area contributed by atoms with Crippen LogP contribution in [0.2, 0.25) is 0 Å². The highest BCUT2D eigenvalue weighted by Crippen LogP contribution is 2.26. The molecule has 1 heterocycles. The fourth-order valence-electron chi connectivity index (χ4n) is 3.26. The van der Waals surface area contributed by atoms with Gasteiger partial charge >= 0.3 is 0 Å². The maximum atomic E-state index is 12.7. The summed E-state index contributed by atoms with van der Waals surface area (Å²) >= 11 is 0. The van der Waals surface area contributed by atoms with Gasteiger partial charge in [-0.3, -0.25) is 9.59 Å². The van der Waals surface area contributed by atoms with Gasteiger partial charge in [0.1, 0.15) is 17.5 Å². The Bertz CT molecular complexity index is 864. The topological polar surface area (TPSA) is 67.9 Å². The number of nitrogens with one attached hydrogen (secondary N) is 1. The number of carbonyl (C=O) groups excluding carboxylic acids is 2. The highest BCUT2D eigenvalue weighted by molar-refractivity contribution is 6.00. The van der Waals surface area contributed by atoms with E-state index in [2.05, 4.69) is 5.32 Å². The minimum absolute atomic E-state index is 0.160. The maximum absolute atomic E-state index is 12.7. The molecule has 1 saturated heterocycles. The second-order valence-electron chi connectivity index (χ2n) is 6.49. The van der Waals surface area contributed by atoms with Crippen molar-refractivity contribution in [2.24, 2.45) is 0 Å². The van der Waals surface area contributed by atoms with Gasteiger partial charge in [-0.1, -0.05) is 18.2 Å². The first kappa shape index (κ1) is 19.5. The van der Waals surface area contributed by atoms with Crippen molar-refractivity contribution in [2.45, 2.75) is 18.9 Å². The normalized spacial score (nSPS) is 16.2. The lowest BCUT2D eigenvalue weighted by molar-refractivity contribution is -0.132. The zero-order chi connectivity index (χ0) is 19.9. The molecule has 146 valence electrons. The summed E-state index contributed by atoms with van der Waals surface area (Å²) in [5, 5.41) is 2.88. The average molecular weight is 380 g/mol. The van der Waals surface area contributed by atoms with Crippen molar-refractivity contribution in [3.8, 4) is 11.5 Å². The molecule has 0 bridgehead atoms. The largest absolute Gasteiger partial charge is 0.497 e. The van der Waals surface area contributed by atoms with Crippen molar-refractivity contribution >= 4 is 23.6 Å². The summed E-state index contributed by atoms with van der Waals surface area (Å²) in [4.78, 5) is 26.9. The molecule has 1 N–H and O–H groups in total. The van der Waals surface area contributed by atoms with Gasteiger partial charge in [-0.05, 0) is 43.2 Å². The molecule has 6 heteroatoms. The van der Waals surface area contributed by atoms with E-state index in [-0.39, 0.29) is 11.8 Å². The molecule has 1 aliphatic heterocycles. The Morgan fingerprint density at radius 3 is 2.61 bits per heavy atom. The summed E-state index contributed by atoms with van der Waals surface area (Å²) < 4.78 is 10.5. The second kappa shape index (κ2) is 9.08. The lowest BCUT2D eigenvalue weighted by Crippen LogP contribution is -2.42. The van der Waals surface area contributed by atoms with Crippen molar-refractivity contribution in [3.05, 3.63) is 60.2 Å². The van der Waals surface area contributed by atoms with Gasteiger partial charge in [-0.2, -0.15) is 0 Å². The lowest BCUT2D eigenvalue weighted by Gasteiger charge is -2.22. The summed E-state index contributed by atoms with van der Waals surface area (Å²) in [5.41, 5.74) is 1.49. The van der Waals surface area contributed by atoms with Gasteiger partial charge in [-0.25, -0.2) is 0 Å². The Labute approximate surface area is 164 Å². The monoisotopic (exact) mass is 380 g/mol. The summed E-state index contributed by atoms with van der Waals surface area (Å²) in [6.45, 7) is 0.565. The third-order valence-corrected chi connectivity index (χ3v) is 4.73. The maximum Gasteiger partial charge on any atom is 0.247 e. The van der Waals surface area contributed by atoms with E-state index in [0.717, 1.165) is 17.7 Å². The third kappa shape index (κ3) is 4.52. The van der Waals surface area contributed by atoms with Gasteiger partial charge in [-0.15, -0.1) is 0 Å². The molecule has 28 heavy (non-hydrogen) atoms. The van der Waals surface area contributed by atoms with Crippen LogP contribution in [0.4, 0.5) is 5.69 Å². The minimum Gasteiger partial charge on any atom is -0.497 e. The lowest BCUT2D eigenvalue weighted by atomic mass is 10.1. The quantitative estimate of drug-likeness (QED) is 0.781. The van der Waals surface area contributed by atoms with E-state index in [9.17, 15) is 9.59 Å². The zero-order valence-corrected chi connectivity index (χ0v) is 16.1. The molecule has 0 saturated carbocycles. The Kier molecular flexibility index (Phi) is 6.32. The molecule has 0 radical (unpaired) electrons. The number of benzene rings is 2. The molecule has 2 aromatic carbocycles. The van der Waals surface area contributed by atoms with E-state index in [1.165, 1.54) is 6.08 Å². The van der Waals surface area contributed by atoms with Crippen molar-refractivity contribution in [1.82, 2.24) is 4.90 Å². The first-order chi connectivity index (χ1) is 13.6. The number of amides is 2. The van der Waals surface area contributed by atoms with Crippen molar-refractivity contribution in [1.29, 1.82) is 0 Å². The van der Waals surface area contributed by atoms with Crippen molar-refractivity contribution in [3.63, 3.8) is 0 Å². The summed E-state index contributed by atoms with van der Waals surface area (Å²) in [7, 11) is 3.15. The number of hydrogen-bond acceptors (Lipinski definition) is 4. The number of carbonyl (C=O) groups is 2. The molecule has 0 spiro atoms. The van der Waals surface area contributed by atoms with Gasteiger partial charge in [0.2, 0.25) is 11.8 Å². The first-order valence-corrected chi connectivity index (χ1v) is 9.19. The molecule has 1 aliphatic rings. The van der Waals surface area contributed by atoms with Gasteiger partial charge in [0.15, 0.2) is 0 Å². The molecular weight excluding hydrogens is 356 g/mol. The number of ether oxygens (including phenoxy) is 2. The Balaban J connectivity index is 1.69. The Hall–Kier alpha value is -3.28. The molecule has 6 nitrogen and oxygen atoms in total. The number of para-hydroxylation sites is 1. The molecule has 1 fully saturated rings. The molecule has 2 amide bonds. The molecule has 0 aliphatic carbocycles. The second-order valence-corrected chi connectivity index (χ2v) is 6.49. The summed E-state index contributed by atoms with van der Waals surface area (Å²) in [6, 6.07) is 14.2. The van der Waals surface area contributed by atoms with E-state index < -0.39 is 6.04 Å². The number of nitrogens with zero attached hydrogens (tertiary/aromatic N) is 1. The van der Waals surface area contributed by atoms with E-state index in [4.69, 9.17) is 9.47 Å². The number of anilines is 1. The first-order valence-electron chi connectivity index (χ1n) is 9.19. The minimum atomic E-state index is -0.463. The van der Waals surface area contributed by atoms with Gasteiger partial charge in [0, 0.05) is 29.9 Å². The van der Waals surface area contributed by atoms with Crippen LogP contribution in [0.5, 0.6) is 11.5 Å². The SMILES string of the molecule is COc1ccc(/C=C/C(=O)N2CCCC2C(=O)Nc2ccccc2)c(OC)c1. The average Bonchev–Trinajstić information content (AvgIpc) is 3.23. The molecule has 0 aromatic heterocycles. The van der Waals surface area contributed by atoms with Crippen molar-refractivity contribution < 1.29 is 19.1 Å². The van der Waals surface area contributed by atoms with Crippen LogP contribution in [-0.4, -0.2) is 43.5 Å². The number of methoxy groups -OCH3 is 2. The predicted molar refractivity (Wildman–Crippen MR) is 108 cm³/mol. The Morgan fingerprint density at radius 1 is 1.11 bits per heavy atom. The third-order valence-electron chi connectivity index (χ3n) is 4.73. The van der Waals surface area contributed by atoms with E-state index in [0.29, 0.717) is 24.5 Å². The van der Waals surface area contributed by atoms with Gasteiger partial charge in [0.25, 0.3) is 0 Å². The van der Waals surface area contributed by atoms with Crippen LogP contribution in [0.25, 0.3) is 6.08 Å². The van der Waals surface area contributed by atoms with Crippen LogP contribution in [0.15, 0.2) is 54.6 Å². The Morgan fingerprint density at radius 2 is 1.89 bits per heavy atom. The van der Waals surface area contributed by atoms with Crippen LogP contribution < -0.4 is 14.8 Å². The summed E-state index contributed by atoms with van der Waals surface area (Å²) in [6.07, 6.45) is 4.64. The van der Waals surface area contributed by atoms with Gasteiger partial charge < -0.3 is 19.7 Å². The van der Waals surface area contributed by atoms with Crippen molar-refractivity contribution in [2.75, 3.05) is 26.1 Å². The predicted octanol–water partition coefficient (Wildman–Crippen LogP) is 3.35. The molecular formula is C22H24N2O4. The van der Waals surface area contributed by atoms with Crippen LogP contribution in [0, 0.1) is 0 Å². The van der Waals surface area contributed by atoms with Gasteiger partial charge in [0.05, 0.1) is 14.2 Å². The van der Waals surface area contributed by atoms with Crippen LogP contribution in [-0.2, 0) is 9.59 Å². The van der Waals surface area contributed by atoms with Crippen LogP contribution in [0.3, 0.4) is 0 Å².